The van der Waals surface area contributed by atoms with Crippen molar-refractivity contribution in [1.82, 2.24) is 15.3 Å². The molecule has 3 aromatic carbocycles. The fourth-order valence-corrected chi connectivity index (χ4v) is 6.86. The number of rotatable bonds is 18. The van der Waals surface area contributed by atoms with Gasteiger partial charge in [0.25, 0.3) is 0 Å². The Kier molecular flexibility index (Phi) is 14.1. The molecular weight excluding hydrogens is 679 g/mol. The predicted octanol–water partition coefficient (Wildman–Crippen LogP) is 9.03. The van der Waals surface area contributed by atoms with Gasteiger partial charge in [-0.2, -0.15) is 0 Å². The quantitative estimate of drug-likeness (QED) is 0.0766. The van der Waals surface area contributed by atoms with Crippen molar-refractivity contribution in [2.24, 2.45) is 5.92 Å². The largest absolute Gasteiger partial charge is 0.494 e. The van der Waals surface area contributed by atoms with Crippen molar-refractivity contribution in [2.45, 2.75) is 103 Å². The van der Waals surface area contributed by atoms with Crippen LogP contribution < -0.4 is 10.1 Å². The third-order valence-electron chi connectivity index (χ3n) is 10.3. The van der Waals surface area contributed by atoms with Crippen LogP contribution in [0.2, 0.25) is 0 Å². The number of hydrogen-bond donors (Lipinski definition) is 2. The third-order valence-corrected chi connectivity index (χ3v) is 10.3. The molecule has 0 bridgehead atoms. The van der Waals surface area contributed by atoms with Gasteiger partial charge in [-0.1, -0.05) is 114 Å². The minimum absolute atomic E-state index is 0.0151. The molecule has 286 valence electrons. The van der Waals surface area contributed by atoms with Gasteiger partial charge in [0.2, 0.25) is 5.91 Å². The molecule has 1 aliphatic rings. The second-order valence-electron chi connectivity index (χ2n) is 15.6. The standard InChI is InChI=1S/C45H55N3O6/c1-5-6-7-8-9-24-54-39-20-16-33(17-21-39)37-30-46-42(47-31-37)35-12-10-32(11-13-35)27-36(28-40(49)34-14-18-38(19-15-34)44(2,3)4)43(52)48-45(29-41(50)51)22-25-53-26-23-45/h10-21,30-31,36H,5-9,22-29H2,1-4H3,(H,48,52)(H,50,51)/t36-/m1/s1. The van der Waals surface area contributed by atoms with E-state index < -0.39 is 17.4 Å². The Morgan fingerprint density at radius 1 is 0.833 bits per heavy atom. The van der Waals surface area contributed by atoms with Gasteiger partial charge < -0.3 is 19.9 Å². The summed E-state index contributed by atoms with van der Waals surface area (Å²) >= 11 is 0. The van der Waals surface area contributed by atoms with E-state index in [1.807, 2.05) is 85.2 Å². The molecule has 9 heteroatoms. The molecule has 0 unspecified atom stereocenters. The first-order valence-corrected chi connectivity index (χ1v) is 19.3. The fraction of sp³-hybridized carbons (Fsp3) is 0.444. The van der Waals surface area contributed by atoms with Crippen LogP contribution in [0.3, 0.4) is 0 Å². The monoisotopic (exact) mass is 733 g/mol. The van der Waals surface area contributed by atoms with Crippen LogP contribution in [-0.2, 0) is 26.2 Å². The molecule has 0 spiro atoms. The minimum Gasteiger partial charge on any atom is -0.494 e. The molecule has 1 atom stereocenters. The van der Waals surface area contributed by atoms with Crippen LogP contribution in [0, 0.1) is 5.92 Å². The number of hydrogen-bond acceptors (Lipinski definition) is 7. The molecule has 54 heavy (non-hydrogen) atoms. The van der Waals surface area contributed by atoms with Gasteiger partial charge in [0, 0.05) is 54.6 Å². The van der Waals surface area contributed by atoms with Crippen LogP contribution in [-0.4, -0.2) is 58.1 Å². The van der Waals surface area contributed by atoms with Gasteiger partial charge in [-0.05, 0) is 59.9 Å². The van der Waals surface area contributed by atoms with E-state index in [1.165, 1.54) is 25.7 Å². The second kappa shape index (κ2) is 18.9. The summed E-state index contributed by atoms with van der Waals surface area (Å²) in [5.74, 6) is -0.735. The number of carboxylic acids is 1. The maximum absolute atomic E-state index is 14.0. The van der Waals surface area contributed by atoms with Gasteiger partial charge in [0.15, 0.2) is 11.6 Å². The molecule has 9 nitrogen and oxygen atoms in total. The number of nitrogens with zero attached hydrogens (tertiary/aromatic N) is 2. The van der Waals surface area contributed by atoms with E-state index in [9.17, 15) is 19.5 Å². The van der Waals surface area contributed by atoms with E-state index in [4.69, 9.17) is 9.47 Å². The number of nitrogens with one attached hydrogen (secondary N) is 1. The number of amides is 1. The zero-order valence-corrected chi connectivity index (χ0v) is 32.2. The molecule has 0 radical (unpaired) electrons. The summed E-state index contributed by atoms with van der Waals surface area (Å²) in [6.07, 6.45) is 10.5. The number of benzene rings is 3. The highest BCUT2D eigenvalue weighted by molar-refractivity contribution is 5.99. The highest BCUT2D eigenvalue weighted by Gasteiger charge is 2.38. The van der Waals surface area contributed by atoms with Crippen LogP contribution in [0.1, 0.15) is 107 Å². The lowest BCUT2D eigenvalue weighted by Crippen LogP contribution is -2.55. The van der Waals surface area contributed by atoms with Crippen molar-refractivity contribution in [3.63, 3.8) is 0 Å². The molecule has 4 aromatic rings. The lowest BCUT2D eigenvalue weighted by Gasteiger charge is -2.38. The highest BCUT2D eigenvalue weighted by Crippen LogP contribution is 2.29. The van der Waals surface area contributed by atoms with E-state index in [2.05, 4.69) is 43.0 Å². The first-order valence-electron chi connectivity index (χ1n) is 19.3. The molecule has 1 amide bonds. The number of carbonyl (C=O) groups is 3. The second-order valence-corrected chi connectivity index (χ2v) is 15.6. The van der Waals surface area contributed by atoms with Crippen molar-refractivity contribution in [3.8, 4) is 28.3 Å². The Hall–Kier alpha value is -4.89. The van der Waals surface area contributed by atoms with Crippen molar-refractivity contribution in [3.05, 3.63) is 102 Å². The van der Waals surface area contributed by atoms with E-state index in [0.717, 1.165) is 46.6 Å². The van der Waals surface area contributed by atoms with Gasteiger partial charge >= 0.3 is 5.97 Å². The summed E-state index contributed by atoms with van der Waals surface area (Å²) in [4.78, 5) is 48.7. The highest BCUT2D eigenvalue weighted by atomic mass is 16.5. The van der Waals surface area contributed by atoms with E-state index in [1.54, 1.807) is 0 Å². The smallest absolute Gasteiger partial charge is 0.305 e. The lowest BCUT2D eigenvalue weighted by molar-refractivity contribution is -0.141. The number of aliphatic carboxylic acids is 1. The van der Waals surface area contributed by atoms with E-state index >= 15 is 0 Å². The van der Waals surface area contributed by atoms with Gasteiger partial charge in [-0.3, -0.25) is 14.4 Å². The summed E-state index contributed by atoms with van der Waals surface area (Å²) in [5, 5.41) is 12.8. The van der Waals surface area contributed by atoms with Crippen molar-refractivity contribution >= 4 is 17.7 Å². The summed E-state index contributed by atoms with van der Waals surface area (Å²) in [7, 11) is 0. The van der Waals surface area contributed by atoms with Crippen molar-refractivity contribution in [1.29, 1.82) is 0 Å². The zero-order valence-electron chi connectivity index (χ0n) is 32.2. The van der Waals surface area contributed by atoms with Crippen LogP contribution in [0.25, 0.3) is 22.5 Å². The zero-order chi connectivity index (χ0) is 38.6. The number of carboxylic acid groups (broad SMARTS) is 1. The first-order chi connectivity index (χ1) is 25.9. The first kappa shape index (κ1) is 40.3. The Morgan fingerprint density at radius 3 is 2.07 bits per heavy atom. The Balaban J connectivity index is 1.26. The molecule has 2 heterocycles. The Labute approximate surface area is 319 Å². The summed E-state index contributed by atoms with van der Waals surface area (Å²) < 4.78 is 11.4. The Bertz CT molecular complexity index is 1810. The molecule has 1 aromatic heterocycles. The number of ether oxygens (including phenoxy) is 2. The summed E-state index contributed by atoms with van der Waals surface area (Å²) in [5.41, 5.74) is 4.28. The maximum Gasteiger partial charge on any atom is 0.305 e. The topological polar surface area (TPSA) is 128 Å². The van der Waals surface area contributed by atoms with Crippen LogP contribution in [0.15, 0.2) is 85.2 Å². The maximum atomic E-state index is 14.0. The van der Waals surface area contributed by atoms with Crippen LogP contribution in [0.4, 0.5) is 0 Å². The minimum atomic E-state index is -0.985. The van der Waals surface area contributed by atoms with Gasteiger partial charge in [0.05, 0.1) is 18.6 Å². The summed E-state index contributed by atoms with van der Waals surface area (Å²) in [6.45, 7) is 10.0. The van der Waals surface area contributed by atoms with Gasteiger partial charge in [0.1, 0.15) is 5.75 Å². The molecule has 1 saturated heterocycles. The van der Waals surface area contributed by atoms with Gasteiger partial charge in [-0.25, -0.2) is 9.97 Å². The molecule has 0 saturated carbocycles. The van der Waals surface area contributed by atoms with Crippen LogP contribution in [0.5, 0.6) is 5.75 Å². The van der Waals surface area contributed by atoms with E-state index in [0.29, 0.717) is 43.9 Å². The van der Waals surface area contributed by atoms with Crippen molar-refractivity contribution in [2.75, 3.05) is 19.8 Å². The molecule has 1 fully saturated rings. The average molecular weight is 734 g/mol. The molecule has 5 rings (SSSR count). The van der Waals surface area contributed by atoms with Crippen LogP contribution >= 0.6 is 0 Å². The number of Topliss-reactive ketones (excluding diaryl/α,β-unsaturated/α-hetero) is 1. The molecular formula is C45H55N3O6. The molecule has 0 aliphatic carbocycles. The SMILES string of the molecule is CCCCCCCOc1ccc(-c2cnc(-c3ccc(C[C@H](CC(=O)c4ccc(C(C)(C)C)cc4)C(=O)NC4(CC(=O)O)CCOCC4)cc3)nc2)cc1. The lowest BCUT2D eigenvalue weighted by atomic mass is 9.84. The Morgan fingerprint density at radius 2 is 1.46 bits per heavy atom. The van der Waals surface area contributed by atoms with Crippen molar-refractivity contribution < 1.29 is 29.0 Å². The molecule has 1 aliphatic heterocycles. The van der Waals surface area contributed by atoms with E-state index in [-0.39, 0.29) is 29.9 Å². The normalized spacial score (nSPS) is 14.6. The fourth-order valence-electron chi connectivity index (χ4n) is 6.86. The average Bonchev–Trinajstić information content (AvgIpc) is 3.16. The number of aromatic nitrogens is 2. The predicted molar refractivity (Wildman–Crippen MR) is 212 cm³/mol. The number of unbranched alkanes of at least 4 members (excludes halogenated alkanes) is 4. The summed E-state index contributed by atoms with van der Waals surface area (Å²) in [6, 6.07) is 23.3. The van der Waals surface area contributed by atoms with Gasteiger partial charge in [-0.15, -0.1) is 0 Å². The molecule has 2 N–H and O–H groups in total. The number of ketones is 1. The number of carbonyl (C=O) groups excluding carboxylic acids is 2. The third kappa shape index (κ3) is 11.6.